The first-order valence-corrected chi connectivity index (χ1v) is 7.54. The van der Waals surface area contributed by atoms with Crippen molar-refractivity contribution in [3.63, 3.8) is 0 Å². The van der Waals surface area contributed by atoms with Crippen molar-refractivity contribution in [1.82, 2.24) is 19.7 Å². The maximum Gasteiger partial charge on any atom is 0.285 e. The molecule has 0 fully saturated rings. The average molecular weight is 330 g/mol. The molecule has 0 aliphatic carbocycles. The average Bonchev–Trinajstić information content (AvgIpc) is 2.94. The van der Waals surface area contributed by atoms with Gasteiger partial charge in [-0.3, -0.25) is 4.79 Å². The van der Waals surface area contributed by atoms with Crippen molar-refractivity contribution in [3.05, 3.63) is 75.2 Å². The highest BCUT2D eigenvalue weighted by Gasteiger charge is 2.05. The minimum atomic E-state index is -0.402. The normalized spacial score (nSPS) is 10.7. The van der Waals surface area contributed by atoms with Crippen LogP contribution in [0.4, 0.5) is 5.69 Å². The molecule has 0 amide bonds. The number of halogens is 1. The van der Waals surface area contributed by atoms with E-state index in [0.29, 0.717) is 12.2 Å². The first-order chi connectivity index (χ1) is 11.1. The van der Waals surface area contributed by atoms with Gasteiger partial charge in [0.05, 0.1) is 11.9 Å². The van der Waals surface area contributed by atoms with E-state index in [1.54, 1.807) is 6.20 Å². The van der Waals surface area contributed by atoms with Crippen LogP contribution in [0.15, 0.2) is 47.7 Å². The van der Waals surface area contributed by atoms with E-state index < -0.39 is 5.56 Å². The van der Waals surface area contributed by atoms with E-state index in [1.165, 1.54) is 11.8 Å². The van der Waals surface area contributed by atoms with Gasteiger partial charge in [-0.25, -0.2) is 10.1 Å². The van der Waals surface area contributed by atoms with E-state index in [0.717, 1.165) is 17.9 Å². The molecular weight excluding hydrogens is 314 g/mol. The van der Waals surface area contributed by atoms with Gasteiger partial charge < -0.3 is 9.88 Å². The fourth-order valence-corrected chi connectivity index (χ4v) is 2.47. The quantitative estimate of drug-likeness (QED) is 0.754. The molecule has 0 spiro atoms. The summed E-state index contributed by atoms with van der Waals surface area (Å²) in [5, 5.41) is 9.28. The van der Waals surface area contributed by atoms with E-state index >= 15 is 0 Å². The van der Waals surface area contributed by atoms with Gasteiger partial charge in [0.25, 0.3) is 5.56 Å². The van der Waals surface area contributed by atoms with Crippen LogP contribution in [0, 0.1) is 6.92 Å². The summed E-state index contributed by atoms with van der Waals surface area (Å²) in [5.74, 6) is 0.981. The largest absolute Gasteiger partial charge is 0.378 e. The van der Waals surface area contributed by atoms with Gasteiger partial charge in [0, 0.05) is 25.5 Å². The highest BCUT2D eigenvalue weighted by atomic mass is 35.5. The Labute approximate surface area is 138 Å². The molecule has 0 saturated heterocycles. The summed E-state index contributed by atoms with van der Waals surface area (Å²) >= 11 is 5.95. The third kappa shape index (κ3) is 3.60. The molecule has 0 bridgehead atoms. The number of anilines is 1. The molecule has 1 aromatic carbocycles. The Morgan fingerprint density at radius 3 is 2.96 bits per heavy atom. The van der Waals surface area contributed by atoms with Crippen molar-refractivity contribution in [2.75, 3.05) is 5.32 Å². The van der Waals surface area contributed by atoms with Crippen molar-refractivity contribution in [3.8, 4) is 0 Å². The molecule has 2 heterocycles. The Balaban J connectivity index is 1.71. The van der Waals surface area contributed by atoms with Gasteiger partial charge in [0.2, 0.25) is 0 Å². The second-order valence-electron chi connectivity index (χ2n) is 5.20. The SMILES string of the molecule is Cc1nccn1Cc1cccc(CNc2cn[nH]c(=O)c2Cl)c1. The molecule has 3 rings (SSSR count). The van der Waals surface area contributed by atoms with Gasteiger partial charge in [-0.05, 0) is 18.1 Å². The number of rotatable bonds is 5. The molecule has 2 aromatic heterocycles. The summed E-state index contributed by atoms with van der Waals surface area (Å²) < 4.78 is 2.09. The zero-order chi connectivity index (χ0) is 16.2. The number of hydrogen-bond donors (Lipinski definition) is 2. The summed E-state index contributed by atoms with van der Waals surface area (Å²) in [6.45, 7) is 3.31. The van der Waals surface area contributed by atoms with Crippen LogP contribution in [0.1, 0.15) is 17.0 Å². The summed E-state index contributed by atoms with van der Waals surface area (Å²) in [4.78, 5) is 15.6. The summed E-state index contributed by atoms with van der Waals surface area (Å²) in [6.07, 6.45) is 5.26. The number of nitrogens with one attached hydrogen (secondary N) is 2. The van der Waals surface area contributed by atoms with Crippen molar-refractivity contribution in [2.24, 2.45) is 0 Å². The number of imidazole rings is 1. The van der Waals surface area contributed by atoms with Gasteiger partial charge in [-0.15, -0.1) is 0 Å². The molecule has 0 aliphatic heterocycles. The van der Waals surface area contributed by atoms with Gasteiger partial charge in [0.1, 0.15) is 10.8 Å². The molecular formula is C16H16ClN5O. The van der Waals surface area contributed by atoms with Crippen LogP contribution in [0.25, 0.3) is 0 Å². The molecule has 6 nitrogen and oxygen atoms in total. The Morgan fingerprint density at radius 2 is 2.17 bits per heavy atom. The maximum absolute atomic E-state index is 11.4. The number of aromatic nitrogens is 4. The lowest BCUT2D eigenvalue weighted by Crippen LogP contribution is -2.12. The Kier molecular flexibility index (Phi) is 4.43. The number of benzene rings is 1. The van der Waals surface area contributed by atoms with Crippen molar-refractivity contribution >= 4 is 17.3 Å². The third-order valence-electron chi connectivity index (χ3n) is 3.55. The summed E-state index contributed by atoms with van der Waals surface area (Å²) in [6, 6.07) is 8.22. The van der Waals surface area contributed by atoms with Gasteiger partial charge in [-0.1, -0.05) is 35.9 Å². The molecule has 0 radical (unpaired) electrons. The minimum Gasteiger partial charge on any atom is -0.378 e. The van der Waals surface area contributed by atoms with E-state index in [4.69, 9.17) is 11.6 Å². The number of hydrogen-bond acceptors (Lipinski definition) is 4. The van der Waals surface area contributed by atoms with Crippen LogP contribution in [-0.4, -0.2) is 19.7 Å². The van der Waals surface area contributed by atoms with E-state index in [1.807, 2.05) is 25.3 Å². The second kappa shape index (κ2) is 6.66. The van der Waals surface area contributed by atoms with Crippen LogP contribution in [0.3, 0.4) is 0 Å². The summed E-state index contributed by atoms with van der Waals surface area (Å²) in [5.41, 5.74) is 2.39. The van der Waals surface area contributed by atoms with Crippen molar-refractivity contribution < 1.29 is 0 Å². The highest BCUT2D eigenvalue weighted by Crippen LogP contribution is 2.16. The fourth-order valence-electron chi connectivity index (χ4n) is 2.31. The molecule has 23 heavy (non-hydrogen) atoms. The predicted molar refractivity (Wildman–Crippen MR) is 89.7 cm³/mol. The van der Waals surface area contributed by atoms with Crippen molar-refractivity contribution in [1.29, 1.82) is 0 Å². The van der Waals surface area contributed by atoms with Crippen LogP contribution in [-0.2, 0) is 13.1 Å². The first kappa shape index (κ1) is 15.3. The highest BCUT2D eigenvalue weighted by molar-refractivity contribution is 6.32. The van der Waals surface area contributed by atoms with Gasteiger partial charge >= 0.3 is 0 Å². The lowest BCUT2D eigenvalue weighted by molar-refractivity contribution is 0.760. The molecule has 0 unspecified atom stereocenters. The zero-order valence-electron chi connectivity index (χ0n) is 12.6. The van der Waals surface area contributed by atoms with Gasteiger partial charge in [0.15, 0.2) is 0 Å². The molecule has 2 N–H and O–H groups in total. The molecule has 7 heteroatoms. The van der Waals surface area contributed by atoms with Crippen LogP contribution < -0.4 is 10.9 Å². The first-order valence-electron chi connectivity index (χ1n) is 7.16. The van der Waals surface area contributed by atoms with E-state index in [2.05, 4.69) is 37.2 Å². The van der Waals surface area contributed by atoms with Crippen molar-refractivity contribution in [2.45, 2.75) is 20.0 Å². The molecule has 118 valence electrons. The third-order valence-corrected chi connectivity index (χ3v) is 3.92. The number of aromatic amines is 1. The molecule has 0 aliphatic rings. The predicted octanol–water partition coefficient (Wildman–Crippen LogP) is 2.59. The zero-order valence-corrected chi connectivity index (χ0v) is 13.3. The number of nitrogens with zero attached hydrogens (tertiary/aromatic N) is 3. The van der Waals surface area contributed by atoms with Crippen LogP contribution >= 0.6 is 11.6 Å². The molecule has 0 atom stereocenters. The van der Waals surface area contributed by atoms with Crippen LogP contribution in [0.5, 0.6) is 0 Å². The Morgan fingerprint density at radius 1 is 1.35 bits per heavy atom. The molecule has 3 aromatic rings. The maximum atomic E-state index is 11.4. The van der Waals surface area contributed by atoms with Gasteiger partial charge in [-0.2, -0.15) is 5.10 Å². The number of aryl methyl sites for hydroxylation is 1. The van der Waals surface area contributed by atoms with Crippen LogP contribution in [0.2, 0.25) is 5.02 Å². The lowest BCUT2D eigenvalue weighted by Gasteiger charge is -2.10. The summed E-state index contributed by atoms with van der Waals surface area (Å²) in [7, 11) is 0. The Bertz CT molecular complexity index is 871. The molecule has 0 saturated carbocycles. The smallest absolute Gasteiger partial charge is 0.285 e. The number of H-pyrrole nitrogens is 1. The fraction of sp³-hybridized carbons (Fsp3) is 0.188. The minimum absolute atomic E-state index is 0.116. The second-order valence-corrected chi connectivity index (χ2v) is 5.58. The Hall–Kier alpha value is -2.60. The lowest BCUT2D eigenvalue weighted by atomic mass is 10.1. The van der Waals surface area contributed by atoms with E-state index in [9.17, 15) is 4.79 Å². The van der Waals surface area contributed by atoms with E-state index in [-0.39, 0.29) is 5.02 Å². The topological polar surface area (TPSA) is 75.6 Å². The standard InChI is InChI=1S/C16H16ClN5O/c1-11-18-5-6-22(11)10-13-4-2-3-12(7-13)8-19-14-9-20-21-16(23)15(14)17/h2-7,9H,8,10H2,1H3,(H2,19,21,23). The monoisotopic (exact) mass is 329 g/mol.